The van der Waals surface area contributed by atoms with E-state index in [0.717, 1.165) is 18.4 Å². The standard InChI is InChI=1S/C12H15NO3/c1-7-2-5-10(14)9(6-7)11(12(15)16)13-8-3-4-8/h2,5-6,8,11,13-14H,3-4H2,1H3,(H,15,16). The average molecular weight is 221 g/mol. The van der Waals surface area contributed by atoms with Gasteiger partial charge < -0.3 is 10.2 Å². The topological polar surface area (TPSA) is 69.6 Å². The SMILES string of the molecule is Cc1ccc(O)c(C(NC2CC2)C(=O)O)c1. The molecule has 1 fully saturated rings. The van der Waals surface area contributed by atoms with Crippen LogP contribution in [0.3, 0.4) is 0 Å². The fourth-order valence-electron chi connectivity index (χ4n) is 1.68. The molecule has 1 aromatic carbocycles. The van der Waals surface area contributed by atoms with Gasteiger partial charge in [0.15, 0.2) is 0 Å². The first kappa shape index (κ1) is 11.0. The predicted molar refractivity (Wildman–Crippen MR) is 59.4 cm³/mol. The highest BCUT2D eigenvalue weighted by Gasteiger charge is 2.30. The van der Waals surface area contributed by atoms with Crippen LogP contribution in [-0.4, -0.2) is 22.2 Å². The summed E-state index contributed by atoms with van der Waals surface area (Å²) in [6.45, 7) is 1.87. The van der Waals surface area contributed by atoms with Crippen molar-refractivity contribution in [3.05, 3.63) is 29.3 Å². The first-order valence-corrected chi connectivity index (χ1v) is 5.36. The van der Waals surface area contributed by atoms with E-state index in [4.69, 9.17) is 5.11 Å². The zero-order valence-electron chi connectivity index (χ0n) is 9.10. The average Bonchev–Trinajstić information content (AvgIpc) is 3.02. The van der Waals surface area contributed by atoms with Crippen LogP contribution in [0.4, 0.5) is 0 Å². The van der Waals surface area contributed by atoms with Gasteiger partial charge >= 0.3 is 5.97 Å². The molecule has 1 atom stereocenters. The molecule has 0 saturated heterocycles. The molecule has 1 aromatic rings. The van der Waals surface area contributed by atoms with Crippen molar-refractivity contribution in [3.8, 4) is 5.75 Å². The Hall–Kier alpha value is -1.55. The summed E-state index contributed by atoms with van der Waals surface area (Å²) in [4.78, 5) is 11.2. The summed E-state index contributed by atoms with van der Waals surface area (Å²) in [5.41, 5.74) is 1.39. The number of rotatable bonds is 4. The molecule has 16 heavy (non-hydrogen) atoms. The van der Waals surface area contributed by atoms with Gasteiger partial charge in [-0.05, 0) is 25.8 Å². The van der Waals surface area contributed by atoms with Gasteiger partial charge in [0.2, 0.25) is 0 Å². The summed E-state index contributed by atoms with van der Waals surface area (Å²) in [5, 5.41) is 21.8. The Balaban J connectivity index is 2.29. The Morgan fingerprint density at radius 2 is 2.19 bits per heavy atom. The number of phenolic OH excluding ortho intramolecular Hbond substituents is 1. The molecular weight excluding hydrogens is 206 g/mol. The summed E-state index contributed by atoms with van der Waals surface area (Å²) >= 11 is 0. The largest absolute Gasteiger partial charge is 0.508 e. The molecule has 1 aliphatic carbocycles. The molecule has 3 N–H and O–H groups in total. The van der Waals surface area contributed by atoms with Crippen molar-refractivity contribution >= 4 is 5.97 Å². The summed E-state index contributed by atoms with van der Waals surface area (Å²) < 4.78 is 0. The van der Waals surface area contributed by atoms with Crippen LogP contribution < -0.4 is 5.32 Å². The Morgan fingerprint density at radius 3 is 2.75 bits per heavy atom. The minimum absolute atomic E-state index is 0.0335. The first-order chi connectivity index (χ1) is 7.58. The number of hydrogen-bond donors (Lipinski definition) is 3. The van der Waals surface area contributed by atoms with Crippen LogP contribution in [0.5, 0.6) is 5.75 Å². The number of carboxylic acids is 1. The molecule has 1 unspecified atom stereocenters. The molecule has 1 saturated carbocycles. The number of carbonyl (C=O) groups is 1. The van der Waals surface area contributed by atoms with Crippen LogP contribution in [0.15, 0.2) is 18.2 Å². The molecule has 4 nitrogen and oxygen atoms in total. The minimum Gasteiger partial charge on any atom is -0.508 e. The van der Waals surface area contributed by atoms with Crippen molar-refractivity contribution < 1.29 is 15.0 Å². The van der Waals surface area contributed by atoms with E-state index in [1.807, 2.05) is 6.92 Å². The smallest absolute Gasteiger partial charge is 0.325 e. The third kappa shape index (κ3) is 2.33. The van der Waals surface area contributed by atoms with E-state index < -0.39 is 12.0 Å². The molecule has 0 aliphatic heterocycles. The van der Waals surface area contributed by atoms with Gasteiger partial charge in [-0.25, -0.2) is 0 Å². The molecule has 0 spiro atoms. The van der Waals surface area contributed by atoms with Gasteiger partial charge in [-0.1, -0.05) is 17.7 Å². The van der Waals surface area contributed by atoms with Crippen molar-refractivity contribution in [2.24, 2.45) is 0 Å². The second kappa shape index (κ2) is 4.14. The summed E-state index contributed by atoms with van der Waals surface area (Å²) in [6.07, 6.45) is 2.02. The number of nitrogens with one attached hydrogen (secondary N) is 1. The van der Waals surface area contributed by atoms with E-state index in [2.05, 4.69) is 5.32 Å². The molecular formula is C12H15NO3. The molecule has 86 valence electrons. The summed E-state index contributed by atoms with van der Waals surface area (Å²) in [5.74, 6) is -0.918. The van der Waals surface area contributed by atoms with Gasteiger partial charge in [-0.2, -0.15) is 0 Å². The minimum atomic E-state index is -0.951. The number of phenols is 1. The fraction of sp³-hybridized carbons (Fsp3) is 0.417. The fourth-order valence-corrected chi connectivity index (χ4v) is 1.68. The molecule has 1 aliphatic rings. The van der Waals surface area contributed by atoms with Crippen LogP contribution in [0.25, 0.3) is 0 Å². The third-order valence-corrected chi connectivity index (χ3v) is 2.72. The van der Waals surface area contributed by atoms with Gasteiger partial charge in [-0.3, -0.25) is 10.1 Å². The van der Waals surface area contributed by atoms with Gasteiger partial charge in [-0.15, -0.1) is 0 Å². The number of hydrogen-bond acceptors (Lipinski definition) is 3. The molecule has 4 heteroatoms. The van der Waals surface area contributed by atoms with Crippen molar-refractivity contribution in [3.63, 3.8) is 0 Å². The molecule has 0 heterocycles. The predicted octanol–water partition coefficient (Wildman–Crippen LogP) is 1.58. The van der Waals surface area contributed by atoms with E-state index >= 15 is 0 Å². The lowest BCUT2D eigenvalue weighted by atomic mass is 10.0. The molecule has 0 radical (unpaired) electrons. The van der Waals surface area contributed by atoms with Gasteiger partial charge in [0, 0.05) is 11.6 Å². The molecule has 2 rings (SSSR count). The number of aromatic hydroxyl groups is 1. The lowest BCUT2D eigenvalue weighted by molar-refractivity contribution is -0.139. The van der Waals surface area contributed by atoms with Crippen LogP contribution in [-0.2, 0) is 4.79 Å². The maximum absolute atomic E-state index is 11.2. The highest BCUT2D eigenvalue weighted by molar-refractivity contribution is 5.76. The summed E-state index contributed by atoms with van der Waals surface area (Å²) in [7, 11) is 0. The number of carboxylic acid groups (broad SMARTS) is 1. The highest BCUT2D eigenvalue weighted by Crippen LogP contribution is 2.29. The van der Waals surface area contributed by atoms with Crippen molar-refractivity contribution in [2.45, 2.75) is 31.8 Å². The maximum Gasteiger partial charge on any atom is 0.325 e. The molecule has 0 amide bonds. The van der Waals surface area contributed by atoms with Crippen LogP contribution in [0.2, 0.25) is 0 Å². The van der Waals surface area contributed by atoms with Crippen molar-refractivity contribution in [1.29, 1.82) is 0 Å². The number of benzene rings is 1. The monoisotopic (exact) mass is 221 g/mol. The lowest BCUT2D eigenvalue weighted by Gasteiger charge is -2.16. The zero-order valence-corrected chi connectivity index (χ0v) is 9.10. The van der Waals surface area contributed by atoms with E-state index in [1.165, 1.54) is 6.07 Å². The van der Waals surface area contributed by atoms with Gasteiger partial charge in [0.1, 0.15) is 11.8 Å². The van der Waals surface area contributed by atoms with Gasteiger partial charge in [0.05, 0.1) is 0 Å². The molecule has 0 aromatic heterocycles. The second-order valence-electron chi connectivity index (χ2n) is 4.27. The Kier molecular flexibility index (Phi) is 2.83. The number of aryl methyl sites for hydroxylation is 1. The van der Waals surface area contributed by atoms with E-state index in [9.17, 15) is 9.90 Å². The Bertz CT molecular complexity index is 413. The Morgan fingerprint density at radius 1 is 1.50 bits per heavy atom. The second-order valence-corrected chi connectivity index (χ2v) is 4.27. The quantitative estimate of drug-likeness (QED) is 0.722. The van der Waals surface area contributed by atoms with E-state index in [0.29, 0.717) is 5.56 Å². The molecule has 0 bridgehead atoms. The van der Waals surface area contributed by atoms with E-state index in [-0.39, 0.29) is 11.8 Å². The number of aliphatic carboxylic acids is 1. The summed E-state index contributed by atoms with van der Waals surface area (Å²) in [6, 6.07) is 4.47. The maximum atomic E-state index is 11.2. The van der Waals surface area contributed by atoms with Crippen molar-refractivity contribution in [1.82, 2.24) is 5.32 Å². The highest BCUT2D eigenvalue weighted by atomic mass is 16.4. The van der Waals surface area contributed by atoms with Crippen LogP contribution >= 0.6 is 0 Å². The van der Waals surface area contributed by atoms with Crippen molar-refractivity contribution in [2.75, 3.05) is 0 Å². The van der Waals surface area contributed by atoms with Gasteiger partial charge in [0.25, 0.3) is 0 Å². The normalized spacial score (nSPS) is 17.1. The van der Waals surface area contributed by atoms with Crippen LogP contribution in [0, 0.1) is 6.92 Å². The third-order valence-electron chi connectivity index (χ3n) is 2.72. The first-order valence-electron chi connectivity index (χ1n) is 5.36. The Labute approximate surface area is 93.9 Å². The zero-order chi connectivity index (χ0) is 11.7. The van der Waals surface area contributed by atoms with Crippen LogP contribution in [0.1, 0.15) is 30.0 Å². The van der Waals surface area contributed by atoms with E-state index in [1.54, 1.807) is 12.1 Å². The lowest BCUT2D eigenvalue weighted by Crippen LogP contribution is -2.30.